The molecule has 0 radical (unpaired) electrons. The first-order chi connectivity index (χ1) is 8.79. The number of nitrogens with two attached hydrogens (primary N) is 1. The van der Waals surface area contributed by atoms with Gasteiger partial charge in [0, 0.05) is 18.3 Å². The normalized spacial score (nSPS) is 10.1. The monoisotopic (exact) mass is 242 g/mol. The average molecular weight is 242 g/mol. The zero-order valence-electron chi connectivity index (χ0n) is 9.84. The molecule has 5 heteroatoms. The van der Waals surface area contributed by atoms with Crippen LogP contribution in [0.4, 0.5) is 0 Å². The SMILES string of the molecule is NCc1ccc(C(=O)NCc2cccnn2)cc1. The number of nitrogens with one attached hydrogen (secondary N) is 1. The molecule has 1 aromatic carbocycles. The third-order valence-electron chi connectivity index (χ3n) is 2.51. The van der Waals surface area contributed by atoms with E-state index in [4.69, 9.17) is 5.73 Å². The van der Waals surface area contributed by atoms with Gasteiger partial charge in [-0.3, -0.25) is 4.79 Å². The molecule has 0 fully saturated rings. The first-order valence-corrected chi connectivity index (χ1v) is 5.63. The summed E-state index contributed by atoms with van der Waals surface area (Å²) in [6.07, 6.45) is 1.59. The van der Waals surface area contributed by atoms with Crippen molar-refractivity contribution in [2.45, 2.75) is 13.1 Å². The van der Waals surface area contributed by atoms with Crippen molar-refractivity contribution in [2.75, 3.05) is 0 Å². The van der Waals surface area contributed by atoms with Gasteiger partial charge in [-0.05, 0) is 29.8 Å². The van der Waals surface area contributed by atoms with E-state index in [0.29, 0.717) is 18.7 Å². The fourth-order valence-corrected chi connectivity index (χ4v) is 1.49. The van der Waals surface area contributed by atoms with Gasteiger partial charge in [-0.15, -0.1) is 0 Å². The second kappa shape index (κ2) is 5.88. The van der Waals surface area contributed by atoms with Crippen molar-refractivity contribution in [2.24, 2.45) is 5.73 Å². The number of amides is 1. The van der Waals surface area contributed by atoms with Gasteiger partial charge in [-0.25, -0.2) is 0 Å². The summed E-state index contributed by atoms with van der Waals surface area (Å²) in [6.45, 7) is 0.840. The standard InChI is InChI=1S/C13H14N4O/c14-8-10-3-5-11(6-4-10)13(18)15-9-12-2-1-7-16-17-12/h1-7H,8-9,14H2,(H,15,18). The van der Waals surface area contributed by atoms with Crippen LogP contribution in [0.2, 0.25) is 0 Å². The largest absolute Gasteiger partial charge is 0.346 e. The number of aromatic nitrogens is 2. The molecule has 3 N–H and O–H groups in total. The zero-order valence-corrected chi connectivity index (χ0v) is 9.84. The summed E-state index contributed by atoms with van der Waals surface area (Å²) in [7, 11) is 0. The van der Waals surface area contributed by atoms with Crippen molar-refractivity contribution in [3.05, 3.63) is 59.4 Å². The average Bonchev–Trinajstić information content (AvgIpc) is 2.46. The van der Waals surface area contributed by atoms with E-state index < -0.39 is 0 Å². The zero-order chi connectivity index (χ0) is 12.8. The Morgan fingerprint density at radius 3 is 2.61 bits per heavy atom. The summed E-state index contributed by atoms with van der Waals surface area (Å²) >= 11 is 0. The lowest BCUT2D eigenvalue weighted by atomic mass is 10.1. The van der Waals surface area contributed by atoms with Gasteiger partial charge in [-0.1, -0.05) is 12.1 Å². The molecule has 0 saturated heterocycles. The molecule has 5 nitrogen and oxygen atoms in total. The first-order valence-electron chi connectivity index (χ1n) is 5.63. The van der Waals surface area contributed by atoms with Gasteiger partial charge >= 0.3 is 0 Å². The number of hydrogen-bond acceptors (Lipinski definition) is 4. The van der Waals surface area contributed by atoms with Crippen LogP contribution in [0.1, 0.15) is 21.6 Å². The Labute approximate surface area is 105 Å². The quantitative estimate of drug-likeness (QED) is 0.833. The van der Waals surface area contributed by atoms with Crippen LogP contribution >= 0.6 is 0 Å². The molecule has 0 saturated carbocycles. The van der Waals surface area contributed by atoms with Crippen molar-refractivity contribution < 1.29 is 4.79 Å². The second-order valence-electron chi connectivity index (χ2n) is 3.80. The predicted octanol–water partition coefficient (Wildman–Crippen LogP) is 0.865. The Morgan fingerprint density at radius 2 is 2.00 bits per heavy atom. The van der Waals surface area contributed by atoms with Gasteiger partial charge in [0.15, 0.2) is 0 Å². The molecule has 0 aliphatic carbocycles. The maximum atomic E-state index is 11.8. The lowest BCUT2D eigenvalue weighted by molar-refractivity contribution is 0.0950. The minimum atomic E-state index is -0.135. The molecular weight excluding hydrogens is 228 g/mol. The van der Waals surface area contributed by atoms with E-state index in [1.54, 1.807) is 24.4 Å². The van der Waals surface area contributed by atoms with Gasteiger partial charge in [0.1, 0.15) is 0 Å². The number of hydrogen-bond donors (Lipinski definition) is 2. The van der Waals surface area contributed by atoms with Crippen LogP contribution in [-0.4, -0.2) is 16.1 Å². The molecule has 1 aromatic heterocycles. The van der Waals surface area contributed by atoms with Crippen LogP contribution in [0.15, 0.2) is 42.6 Å². The number of rotatable bonds is 4. The third-order valence-corrected chi connectivity index (χ3v) is 2.51. The number of nitrogens with zero attached hydrogens (tertiary/aromatic N) is 2. The maximum Gasteiger partial charge on any atom is 0.251 e. The van der Waals surface area contributed by atoms with Crippen molar-refractivity contribution in [1.29, 1.82) is 0 Å². The minimum Gasteiger partial charge on any atom is -0.346 e. The van der Waals surface area contributed by atoms with E-state index in [2.05, 4.69) is 15.5 Å². The summed E-state index contributed by atoms with van der Waals surface area (Å²) in [6, 6.07) is 10.8. The lowest BCUT2D eigenvalue weighted by Gasteiger charge is -2.05. The van der Waals surface area contributed by atoms with E-state index in [9.17, 15) is 4.79 Å². The van der Waals surface area contributed by atoms with Crippen LogP contribution in [0.5, 0.6) is 0 Å². The second-order valence-corrected chi connectivity index (χ2v) is 3.80. The van der Waals surface area contributed by atoms with Crippen LogP contribution in [-0.2, 0) is 13.1 Å². The van der Waals surface area contributed by atoms with E-state index in [-0.39, 0.29) is 5.91 Å². The Kier molecular flexibility index (Phi) is 3.98. The van der Waals surface area contributed by atoms with E-state index in [0.717, 1.165) is 11.3 Å². The smallest absolute Gasteiger partial charge is 0.251 e. The molecule has 0 spiro atoms. The Bertz CT molecular complexity index is 510. The highest BCUT2D eigenvalue weighted by molar-refractivity contribution is 5.94. The van der Waals surface area contributed by atoms with Crippen molar-refractivity contribution in [3.63, 3.8) is 0 Å². The van der Waals surface area contributed by atoms with Gasteiger partial charge in [-0.2, -0.15) is 10.2 Å². The molecule has 0 atom stereocenters. The number of carbonyl (C=O) groups is 1. The van der Waals surface area contributed by atoms with E-state index in [1.807, 2.05) is 18.2 Å². The molecular formula is C13H14N4O. The van der Waals surface area contributed by atoms with E-state index >= 15 is 0 Å². The van der Waals surface area contributed by atoms with Gasteiger partial charge in [0.05, 0.1) is 12.2 Å². The molecule has 18 heavy (non-hydrogen) atoms. The fraction of sp³-hybridized carbons (Fsp3) is 0.154. The lowest BCUT2D eigenvalue weighted by Crippen LogP contribution is -2.23. The summed E-state index contributed by atoms with van der Waals surface area (Å²) in [5.41, 5.74) is 7.83. The van der Waals surface area contributed by atoms with Gasteiger partial charge < -0.3 is 11.1 Å². The van der Waals surface area contributed by atoms with Crippen molar-refractivity contribution in [3.8, 4) is 0 Å². The molecule has 0 bridgehead atoms. The summed E-state index contributed by atoms with van der Waals surface area (Å²) in [4.78, 5) is 11.8. The molecule has 1 amide bonds. The molecule has 0 unspecified atom stereocenters. The highest BCUT2D eigenvalue weighted by atomic mass is 16.1. The summed E-state index contributed by atoms with van der Waals surface area (Å²) < 4.78 is 0. The van der Waals surface area contributed by atoms with Gasteiger partial charge in [0.2, 0.25) is 0 Å². The van der Waals surface area contributed by atoms with E-state index in [1.165, 1.54) is 0 Å². The minimum absolute atomic E-state index is 0.135. The highest BCUT2D eigenvalue weighted by Gasteiger charge is 2.05. The molecule has 0 aliphatic rings. The van der Waals surface area contributed by atoms with Crippen molar-refractivity contribution >= 4 is 5.91 Å². The molecule has 2 aromatic rings. The fourth-order valence-electron chi connectivity index (χ4n) is 1.49. The van der Waals surface area contributed by atoms with Crippen LogP contribution < -0.4 is 11.1 Å². The van der Waals surface area contributed by atoms with Crippen molar-refractivity contribution in [1.82, 2.24) is 15.5 Å². The topological polar surface area (TPSA) is 80.9 Å². The molecule has 0 aliphatic heterocycles. The Hall–Kier alpha value is -2.27. The molecule has 1 heterocycles. The first kappa shape index (κ1) is 12.2. The number of carbonyl (C=O) groups excluding carboxylic acids is 1. The van der Waals surface area contributed by atoms with Crippen LogP contribution in [0.25, 0.3) is 0 Å². The highest BCUT2D eigenvalue weighted by Crippen LogP contribution is 2.04. The predicted molar refractivity (Wildman–Crippen MR) is 67.5 cm³/mol. The Morgan fingerprint density at radius 1 is 1.22 bits per heavy atom. The number of benzene rings is 1. The molecule has 92 valence electrons. The van der Waals surface area contributed by atoms with Crippen LogP contribution in [0, 0.1) is 0 Å². The molecule has 2 rings (SSSR count). The third kappa shape index (κ3) is 3.11. The summed E-state index contributed by atoms with van der Waals surface area (Å²) in [5.74, 6) is -0.135. The van der Waals surface area contributed by atoms with Crippen LogP contribution in [0.3, 0.4) is 0 Å². The Balaban J connectivity index is 1.95. The van der Waals surface area contributed by atoms with Gasteiger partial charge in [0.25, 0.3) is 5.91 Å². The summed E-state index contributed by atoms with van der Waals surface area (Å²) in [5, 5.41) is 10.4. The maximum absolute atomic E-state index is 11.8.